The molecule has 0 radical (unpaired) electrons. The van der Waals surface area contributed by atoms with Crippen molar-refractivity contribution in [2.45, 2.75) is 77.4 Å². The monoisotopic (exact) mass is 656 g/mol. The maximum Gasteiger partial charge on any atom is 0.346 e. The fraction of sp³-hybridized carbons (Fsp3) is 0.317. The smallest absolute Gasteiger partial charge is 0.346 e. The summed E-state index contributed by atoms with van der Waals surface area (Å²) in [7, 11) is 0. The van der Waals surface area contributed by atoms with Crippen LogP contribution in [0.25, 0.3) is 11.0 Å². The first kappa shape index (κ1) is 31.5. The standard InChI is InChI=1S/C41H40N2O2S2/c1-25-12-16-29(17-13-25)43(30-18-14-26(2)15-19-30)31-20-21-32(27(3)22-31)38-35-10-6-7-11-36(35)40(47-38)39-34-9-5-4-8-33(34)37(46-39)23-28(24-42)41(44)45/h12-23,35,38H,4-11H2,1-3H3,(H,44,45)/b28-23+. The molecule has 0 amide bonds. The number of nitrogens with zero attached hydrogens (tertiary/aromatic N) is 2. The van der Waals surface area contributed by atoms with Gasteiger partial charge in [0.15, 0.2) is 0 Å². The summed E-state index contributed by atoms with van der Waals surface area (Å²) in [4.78, 5) is 17.8. The Labute approximate surface area is 286 Å². The van der Waals surface area contributed by atoms with E-state index in [1.807, 2.05) is 17.8 Å². The van der Waals surface area contributed by atoms with Crippen LogP contribution in [0.1, 0.15) is 86.9 Å². The molecule has 2 unspecified atom stereocenters. The van der Waals surface area contributed by atoms with Gasteiger partial charge in [0, 0.05) is 37.0 Å². The first-order valence-corrected chi connectivity index (χ1v) is 18.5. The summed E-state index contributed by atoms with van der Waals surface area (Å²) in [5.74, 6) is -0.647. The van der Waals surface area contributed by atoms with Gasteiger partial charge in [-0.2, -0.15) is 5.26 Å². The number of carboxylic acid groups (broad SMARTS) is 1. The van der Waals surface area contributed by atoms with Crippen molar-refractivity contribution in [3.63, 3.8) is 0 Å². The summed E-state index contributed by atoms with van der Waals surface area (Å²) in [6.07, 6.45) is 10.7. The molecule has 1 fully saturated rings. The lowest BCUT2D eigenvalue weighted by Crippen LogP contribution is -2.14. The van der Waals surface area contributed by atoms with Gasteiger partial charge in [-0.05, 0) is 136 Å². The molecule has 0 saturated heterocycles. The van der Waals surface area contributed by atoms with Gasteiger partial charge >= 0.3 is 5.97 Å². The molecule has 1 N–H and O–H groups in total. The molecule has 1 aromatic heterocycles. The minimum Gasteiger partial charge on any atom is -0.477 e. The van der Waals surface area contributed by atoms with Gasteiger partial charge in [0.1, 0.15) is 11.6 Å². The Morgan fingerprint density at radius 3 is 2.09 bits per heavy atom. The third kappa shape index (κ3) is 6.08. The normalized spacial score (nSPS) is 19.2. The molecule has 2 atom stereocenters. The van der Waals surface area contributed by atoms with Gasteiger partial charge in [-0.15, -0.1) is 23.1 Å². The lowest BCUT2D eigenvalue weighted by Gasteiger charge is -2.29. The summed E-state index contributed by atoms with van der Waals surface area (Å²) in [6.45, 7) is 6.53. The largest absolute Gasteiger partial charge is 0.477 e. The lowest BCUT2D eigenvalue weighted by molar-refractivity contribution is -0.132. The highest BCUT2D eigenvalue weighted by Crippen LogP contribution is 2.62. The zero-order chi connectivity index (χ0) is 32.7. The van der Waals surface area contributed by atoms with Crippen LogP contribution in [0.3, 0.4) is 0 Å². The van der Waals surface area contributed by atoms with E-state index in [1.54, 1.807) is 23.0 Å². The number of carbonyl (C=O) groups is 1. The molecule has 2 aliphatic carbocycles. The molecule has 1 saturated carbocycles. The van der Waals surface area contributed by atoms with Crippen molar-refractivity contribution in [1.29, 1.82) is 5.26 Å². The summed E-state index contributed by atoms with van der Waals surface area (Å²) in [5, 5.41) is 19.5. The van der Waals surface area contributed by atoms with Crippen LogP contribution in [0.2, 0.25) is 0 Å². The van der Waals surface area contributed by atoms with Gasteiger partial charge in [0.2, 0.25) is 0 Å². The number of anilines is 3. The van der Waals surface area contributed by atoms with Gasteiger partial charge in [0.05, 0.1) is 0 Å². The predicted octanol–water partition coefficient (Wildman–Crippen LogP) is 11.4. The average molecular weight is 657 g/mol. The molecular formula is C41H40N2O2S2. The quantitative estimate of drug-likeness (QED) is 0.158. The van der Waals surface area contributed by atoms with Crippen LogP contribution in [0.5, 0.6) is 0 Å². The number of aryl methyl sites for hydroxylation is 3. The Bertz CT molecular complexity index is 1900. The number of rotatable bonds is 7. The summed E-state index contributed by atoms with van der Waals surface area (Å²) >= 11 is 3.76. The summed E-state index contributed by atoms with van der Waals surface area (Å²) < 4.78 is 0. The second-order valence-electron chi connectivity index (χ2n) is 13.2. The molecule has 0 bridgehead atoms. The Balaban J connectivity index is 1.26. The molecule has 6 heteroatoms. The average Bonchev–Trinajstić information content (AvgIpc) is 3.64. The fourth-order valence-corrected chi connectivity index (χ4v) is 10.9. The molecular weight excluding hydrogens is 617 g/mol. The Morgan fingerprint density at radius 1 is 0.851 bits per heavy atom. The third-order valence-corrected chi connectivity index (χ3v) is 13.0. The van der Waals surface area contributed by atoms with Crippen LogP contribution in [0, 0.1) is 38.0 Å². The Hall–Kier alpha value is -4.05. The summed E-state index contributed by atoms with van der Waals surface area (Å²) in [5.41, 5.74) is 12.8. The van der Waals surface area contributed by atoms with Crippen LogP contribution in [0.4, 0.5) is 17.1 Å². The van der Waals surface area contributed by atoms with E-state index in [0.717, 1.165) is 54.0 Å². The van der Waals surface area contributed by atoms with Gasteiger partial charge in [-0.3, -0.25) is 0 Å². The molecule has 4 nitrogen and oxygen atoms in total. The number of carboxylic acids is 1. The van der Waals surface area contributed by atoms with E-state index < -0.39 is 5.97 Å². The maximum absolute atomic E-state index is 11.7. The number of fused-ring (bicyclic) bond motifs is 2. The van der Waals surface area contributed by atoms with Crippen LogP contribution in [-0.2, 0) is 17.6 Å². The maximum atomic E-state index is 11.7. The van der Waals surface area contributed by atoms with Crippen molar-refractivity contribution in [3.8, 4) is 6.07 Å². The molecule has 4 aromatic rings. The molecule has 2 heterocycles. The van der Waals surface area contributed by atoms with Crippen LogP contribution >= 0.6 is 23.1 Å². The first-order valence-electron chi connectivity index (χ1n) is 16.8. The number of hydrogen-bond donors (Lipinski definition) is 1. The van der Waals surface area contributed by atoms with Crippen molar-refractivity contribution in [3.05, 3.63) is 121 Å². The Kier molecular flexibility index (Phi) is 8.87. The topological polar surface area (TPSA) is 64.3 Å². The zero-order valence-electron chi connectivity index (χ0n) is 27.3. The highest BCUT2D eigenvalue weighted by molar-refractivity contribution is 8.09. The van der Waals surface area contributed by atoms with Crippen LogP contribution in [0.15, 0.2) is 77.9 Å². The van der Waals surface area contributed by atoms with Crippen molar-refractivity contribution >= 4 is 57.1 Å². The van der Waals surface area contributed by atoms with E-state index in [0.29, 0.717) is 11.2 Å². The second kappa shape index (κ2) is 13.2. The number of thiophene rings is 1. The number of benzene rings is 3. The van der Waals surface area contributed by atoms with E-state index >= 15 is 0 Å². The first-order chi connectivity index (χ1) is 22.8. The SMILES string of the molecule is Cc1ccc(N(c2ccc(C)cc2)c2ccc(C3SC(c4sc(/C=C(\C#N)C(=O)O)c5c4CCCC5)=C4CCCCC43)c(C)c2)cc1. The number of allylic oxidation sites excluding steroid dienone is 1. The zero-order valence-corrected chi connectivity index (χ0v) is 28.9. The fourth-order valence-electron chi connectivity index (χ4n) is 7.61. The van der Waals surface area contributed by atoms with Crippen LogP contribution in [-0.4, -0.2) is 11.1 Å². The summed E-state index contributed by atoms with van der Waals surface area (Å²) in [6, 6.07) is 26.5. The molecule has 47 heavy (non-hydrogen) atoms. The molecule has 3 aromatic carbocycles. The van der Waals surface area contributed by atoms with Crippen molar-refractivity contribution in [1.82, 2.24) is 0 Å². The van der Waals surface area contributed by atoms with Crippen molar-refractivity contribution in [2.24, 2.45) is 5.92 Å². The predicted molar refractivity (Wildman–Crippen MR) is 197 cm³/mol. The van der Waals surface area contributed by atoms with E-state index in [4.69, 9.17) is 0 Å². The highest BCUT2D eigenvalue weighted by Gasteiger charge is 2.40. The van der Waals surface area contributed by atoms with Crippen molar-refractivity contribution in [2.75, 3.05) is 4.90 Å². The van der Waals surface area contributed by atoms with Gasteiger partial charge < -0.3 is 10.0 Å². The minimum absolute atomic E-state index is 0.183. The van der Waals surface area contributed by atoms with Crippen LogP contribution < -0.4 is 4.90 Å². The van der Waals surface area contributed by atoms with E-state index in [9.17, 15) is 15.2 Å². The molecule has 3 aliphatic rings. The molecule has 0 spiro atoms. The number of aliphatic carboxylic acids is 1. The Morgan fingerprint density at radius 2 is 1.47 bits per heavy atom. The molecule has 7 rings (SSSR count). The lowest BCUT2D eigenvalue weighted by atomic mass is 9.79. The van der Waals surface area contributed by atoms with E-state index in [1.165, 1.54) is 62.4 Å². The van der Waals surface area contributed by atoms with Gasteiger partial charge in [-0.1, -0.05) is 53.5 Å². The molecule has 238 valence electrons. The third-order valence-electron chi connectivity index (χ3n) is 10.0. The van der Waals surface area contributed by atoms with E-state index in [-0.39, 0.29) is 5.57 Å². The number of nitriles is 1. The number of hydrogen-bond acceptors (Lipinski definition) is 5. The number of thioether (sulfide) groups is 1. The van der Waals surface area contributed by atoms with E-state index in [2.05, 4.69) is 92.4 Å². The van der Waals surface area contributed by atoms with Crippen molar-refractivity contribution < 1.29 is 9.90 Å². The second-order valence-corrected chi connectivity index (χ2v) is 15.4. The highest BCUT2D eigenvalue weighted by atomic mass is 32.2. The minimum atomic E-state index is -1.15. The van der Waals surface area contributed by atoms with Gasteiger partial charge in [-0.25, -0.2) is 4.79 Å². The van der Waals surface area contributed by atoms with Gasteiger partial charge in [0.25, 0.3) is 0 Å². The molecule has 1 aliphatic heterocycles.